The van der Waals surface area contributed by atoms with Crippen LogP contribution in [0, 0.1) is 12.3 Å². The minimum absolute atomic E-state index is 0.196. The van der Waals surface area contributed by atoms with Gasteiger partial charge in [-0.15, -0.1) is 6.42 Å². The molecule has 0 spiro atoms. The number of terminal acetylenes is 1. The van der Waals surface area contributed by atoms with Gasteiger partial charge in [-0.3, -0.25) is 4.90 Å². The maximum Gasteiger partial charge on any atom is 0.411 e. The van der Waals surface area contributed by atoms with Gasteiger partial charge >= 0.3 is 12.1 Å². The van der Waals surface area contributed by atoms with Crippen molar-refractivity contribution in [2.24, 2.45) is 0 Å². The second-order valence-electron chi connectivity index (χ2n) is 5.34. The minimum atomic E-state index is -1.61. The highest BCUT2D eigenvalue weighted by Gasteiger charge is 2.48. The molecule has 0 aromatic carbocycles. The Morgan fingerprint density at radius 3 is 2.44 bits per heavy atom. The molecule has 0 aromatic rings. The summed E-state index contributed by atoms with van der Waals surface area (Å²) in [4.78, 5) is 23.8. The summed E-state index contributed by atoms with van der Waals surface area (Å²) in [5, 5.41) is 18.9. The van der Waals surface area contributed by atoms with E-state index >= 15 is 0 Å². The summed E-state index contributed by atoms with van der Waals surface area (Å²) < 4.78 is 5.08. The van der Waals surface area contributed by atoms with E-state index in [4.69, 9.17) is 16.3 Å². The number of β-amino-alcohol motifs (C(OH)–C–C–N with tert-alkyl or cyclic N) is 1. The van der Waals surface area contributed by atoms with Gasteiger partial charge in [0, 0.05) is 6.42 Å². The third kappa shape index (κ3) is 3.14. The summed E-state index contributed by atoms with van der Waals surface area (Å²) in [7, 11) is 0. The van der Waals surface area contributed by atoms with Gasteiger partial charge in [0.05, 0.1) is 6.54 Å². The Morgan fingerprint density at radius 1 is 1.50 bits per heavy atom. The molecule has 0 aromatic heterocycles. The molecule has 6 heteroatoms. The van der Waals surface area contributed by atoms with Crippen molar-refractivity contribution in [3.8, 4) is 12.3 Å². The SMILES string of the molecule is C#C[C@@]1(O)CC(C(=O)O)N(C(=O)OC(C)(C)C)C1. The third-order valence-corrected chi connectivity index (χ3v) is 2.52. The quantitative estimate of drug-likeness (QED) is 0.664. The molecule has 2 atom stereocenters. The zero-order valence-electron chi connectivity index (χ0n) is 10.6. The number of carboxylic acid groups (broad SMARTS) is 1. The van der Waals surface area contributed by atoms with Gasteiger partial charge in [-0.25, -0.2) is 9.59 Å². The Labute approximate surface area is 106 Å². The van der Waals surface area contributed by atoms with E-state index in [9.17, 15) is 14.7 Å². The fourth-order valence-electron chi connectivity index (χ4n) is 1.72. The molecule has 6 nitrogen and oxygen atoms in total. The van der Waals surface area contributed by atoms with Crippen molar-refractivity contribution in [3.63, 3.8) is 0 Å². The number of carbonyl (C=O) groups is 2. The summed E-state index contributed by atoms with van der Waals surface area (Å²) in [6.07, 6.45) is 4.16. The first kappa shape index (κ1) is 14.3. The molecular weight excluding hydrogens is 238 g/mol. The zero-order valence-corrected chi connectivity index (χ0v) is 10.6. The van der Waals surface area contributed by atoms with E-state index in [1.54, 1.807) is 20.8 Å². The van der Waals surface area contributed by atoms with Crippen molar-refractivity contribution in [3.05, 3.63) is 0 Å². The summed E-state index contributed by atoms with van der Waals surface area (Å²) in [6.45, 7) is 4.77. The van der Waals surface area contributed by atoms with Crippen molar-refractivity contribution in [1.82, 2.24) is 4.90 Å². The monoisotopic (exact) mass is 255 g/mol. The van der Waals surface area contributed by atoms with Crippen LogP contribution in [0.5, 0.6) is 0 Å². The number of aliphatic carboxylic acids is 1. The van der Waals surface area contributed by atoms with Crippen LogP contribution in [0.1, 0.15) is 27.2 Å². The molecule has 1 fully saturated rings. The fraction of sp³-hybridized carbons (Fsp3) is 0.667. The van der Waals surface area contributed by atoms with Crippen LogP contribution in [0.3, 0.4) is 0 Å². The number of carbonyl (C=O) groups excluding carboxylic acids is 1. The Bertz CT molecular complexity index is 406. The van der Waals surface area contributed by atoms with Gasteiger partial charge in [0.1, 0.15) is 17.2 Å². The third-order valence-electron chi connectivity index (χ3n) is 2.52. The van der Waals surface area contributed by atoms with E-state index < -0.39 is 29.3 Å². The normalized spacial score (nSPS) is 27.7. The number of amides is 1. The Kier molecular flexibility index (Phi) is 3.58. The lowest BCUT2D eigenvalue weighted by Crippen LogP contribution is -2.44. The first-order valence-corrected chi connectivity index (χ1v) is 5.50. The first-order chi connectivity index (χ1) is 8.08. The average molecular weight is 255 g/mol. The predicted octanol–water partition coefficient (Wildman–Crippen LogP) is 0.445. The van der Waals surface area contributed by atoms with Crippen LogP contribution in [0.2, 0.25) is 0 Å². The van der Waals surface area contributed by atoms with Crippen molar-refractivity contribution < 1.29 is 24.5 Å². The number of aliphatic hydroxyl groups is 1. The predicted molar refractivity (Wildman–Crippen MR) is 62.8 cm³/mol. The van der Waals surface area contributed by atoms with Crippen LogP contribution in [-0.4, -0.2) is 51.0 Å². The molecule has 0 aliphatic carbocycles. The molecule has 1 unspecified atom stereocenters. The van der Waals surface area contributed by atoms with E-state index in [1.165, 1.54) is 0 Å². The van der Waals surface area contributed by atoms with Gasteiger partial charge in [0.2, 0.25) is 0 Å². The molecule has 1 rings (SSSR count). The van der Waals surface area contributed by atoms with E-state index in [0.29, 0.717) is 0 Å². The molecule has 0 bridgehead atoms. The van der Waals surface area contributed by atoms with E-state index in [1.807, 2.05) is 0 Å². The number of likely N-dealkylation sites (tertiary alicyclic amines) is 1. The van der Waals surface area contributed by atoms with E-state index in [-0.39, 0.29) is 13.0 Å². The number of hydrogen-bond acceptors (Lipinski definition) is 4. The van der Waals surface area contributed by atoms with Crippen molar-refractivity contribution in [2.45, 2.75) is 44.4 Å². The molecule has 1 saturated heterocycles. The number of rotatable bonds is 1. The maximum atomic E-state index is 11.8. The second-order valence-corrected chi connectivity index (χ2v) is 5.34. The van der Waals surface area contributed by atoms with Gasteiger partial charge in [-0.05, 0) is 20.8 Å². The van der Waals surface area contributed by atoms with Crippen molar-refractivity contribution in [2.75, 3.05) is 6.54 Å². The summed E-state index contributed by atoms with van der Waals surface area (Å²) in [6, 6.07) is -1.17. The molecule has 1 amide bonds. The number of hydrogen-bond donors (Lipinski definition) is 2. The zero-order chi connectivity index (χ0) is 14.1. The van der Waals surface area contributed by atoms with Gasteiger partial charge < -0.3 is 14.9 Å². The molecule has 0 saturated carbocycles. The molecule has 100 valence electrons. The molecular formula is C12H17NO5. The molecule has 1 aliphatic heterocycles. The second kappa shape index (κ2) is 4.50. The lowest BCUT2D eigenvalue weighted by atomic mass is 10.0. The van der Waals surface area contributed by atoms with E-state index in [2.05, 4.69) is 5.92 Å². The lowest BCUT2D eigenvalue weighted by Gasteiger charge is -2.26. The highest BCUT2D eigenvalue weighted by molar-refractivity contribution is 5.81. The molecule has 1 heterocycles. The van der Waals surface area contributed by atoms with Crippen molar-refractivity contribution in [1.29, 1.82) is 0 Å². The summed E-state index contributed by atoms with van der Waals surface area (Å²) in [5.41, 5.74) is -2.35. The Morgan fingerprint density at radius 2 is 2.06 bits per heavy atom. The Balaban J connectivity index is 2.90. The number of ether oxygens (including phenoxy) is 1. The fourth-order valence-corrected chi connectivity index (χ4v) is 1.72. The lowest BCUT2D eigenvalue weighted by molar-refractivity contribution is -0.142. The van der Waals surface area contributed by atoms with Crippen LogP contribution in [0.4, 0.5) is 4.79 Å². The molecule has 18 heavy (non-hydrogen) atoms. The van der Waals surface area contributed by atoms with Gasteiger partial charge in [0.25, 0.3) is 0 Å². The van der Waals surface area contributed by atoms with Crippen LogP contribution in [0.15, 0.2) is 0 Å². The first-order valence-electron chi connectivity index (χ1n) is 5.50. The summed E-state index contributed by atoms with van der Waals surface area (Å²) >= 11 is 0. The molecule has 2 N–H and O–H groups in total. The van der Waals surface area contributed by atoms with Crippen LogP contribution in [-0.2, 0) is 9.53 Å². The number of nitrogens with zero attached hydrogens (tertiary/aromatic N) is 1. The summed E-state index contributed by atoms with van der Waals surface area (Å²) in [5.74, 6) is 0.900. The van der Waals surface area contributed by atoms with Crippen LogP contribution >= 0.6 is 0 Å². The average Bonchev–Trinajstić information content (AvgIpc) is 2.55. The van der Waals surface area contributed by atoms with Gasteiger partial charge in [-0.2, -0.15) is 0 Å². The smallest absolute Gasteiger partial charge is 0.411 e. The van der Waals surface area contributed by atoms with Crippen LogP contribution in [0.25, 0.3) is 0 Å². The van der Waals surface area contributed by atoms with E-state index in [0.717, 1.165) is 4.90 Å². The van der Waals surface area contributed by atoms with Crippen molar-refractivity contribution >= 4 is 12.1 Å². The standard InChI is InChI=1S/C12H17NO5/c1-5-12(17)6-8(9(14)15)13(7-12)10(16)18-11(2,3)4/h1,8,17H,6-7H2,2-4H3,(H,14,15)/t8?,12-/m1/s1. The maximum absolute atomic E-state index is 11.8. The molecule has 1 aliphatic rings. The topological polar surface area (TPSA) is 87.1 Å². The highest BCUT2D eigenvalue weighted by Crippen LogP contribution is 2.28. The highest BCUT2D eigenvalue weighted by atomic mass is 16.6. The number of carboxylic acids is 1. The molecule has 0 radical (unpaired) electrons. The van der Waals surface area contributed by atoms with Gasteiger partial charge in [-0.1, -0.05) is 5.92 Å². The van der Waals surface area contributed by atoms with Crippen LogP contribution < -0.4 is 0 Å². The largest absolute Gasteiger partial charge is 0.480 e. The Hall–Kier alpha value is -1.74. The minimum Gasteiger partial charge on any atom is -0.480 e. The van der Waals surface area contributed by atoms with Gasteiger partial charge in [0.15, 0.2) is 0 Å².